The molecule has 2 amide bonds. The van der Waals surface area contributed by atoms with Crippen molar-refractivity contribution >= 4 is 17.5 Å². The lowest BCUT2D eigenvalue weighted by molar-refractivity contribution is 0.135. The van der Waals surface area contributed by atoms with Crippen molar-refractivity contribution in [3.05, 3.63) is 76.7 Å². The van der Waals surface area contributed by atoms with Crippen molar-refractivity contribution in [2.45, 2.75) is 63.6 Å². The van der Waals surface area contributed by atoms with E-state index in [0.717, 1.165) is 11.1 Å². The fourth-order valence-corrected chi connectivity index (χ4v) is 6.21. The van der Waals surface area contributed by atoms with E-state index in [0.29, 0.717) is 44.2 Å². The molecule has 0 spiro atoms. The number of carbonyl (C=O) groups is 1. The fourth-order valence-electron chi connectivity index (χ4n) is 6.21. The quantitative estimate of drug-likeness (QED) is 0.368. The third-order valence-corrected chi connectivity index (χ3v) is 8.24. The molecule has 38 heavy (non-hydrogen) atoms. The van der Waals surface area contributed by atoms with E-state index in [1.807, 2.05) is 31.1 Å². The van der Waals surface area contributed by atoms with E-state index in [4.69, 9.17) is 0 Å². The van der Waals surface area contributed by atoms with Crippen LogP contribution in [0, 0.1) is 5.82 Å². The average molecular weight is 524 g/mol. The van der Waals surface area contributed by atoms with Crippen molar-refractivity contribution in [2.75, 3.05) is 22.9 Å². The van der Waals surface area contributed by atoms with E-state index in [1.165, 1.54) is 36.6 Å². The smallest absolute Gasteiger partial charge is 0.326 e. The van der Waals surface area contributed by atoms with Crippen LogP contribution in [0.15, 0.2) is 48.7 Å². The number of carbonyl (C=O) groups excluding carboxylic acids is 1. The van der Waals surface area contributed by atoms with Crippen LogP contribution in [0.1, 0.15) is 73.2 Å². The van der Waals surface area contributed by atoms with E-state index < -0.39 is 12.2 Å². The van der Waals surface area contributed by atoms with Crippen LogP contribution in [-0.4, -0.2) is 39.8 Å². The largest absolute Gasteiger partial charge is 0.369 e. The van der Waals surface area contributed by atoms with Crippen molar-refractivity contribution in [1.29, 1.82) is 0 Å². The fraction of sp³-hybridized carbons (Fsp3) is 0.448. The SMILES string of the molecule is C[C@@H]1c2cn(C)nc2N(Cc2ccccc2C2CC2)C(=O)N1C1CCN(c2c(F)cccc2C(F)F)CC1. The van der Waals surface area contributed by atoms with Gasteiger partial charge in [0.05, 0.1) is 18.3 Å². The van der Waals surface area contributed by atoms with Crippen LogP contribution in [0.3, 0.4) is 0 Å². The maximum Gasteiger partial charge on any atom is 0.326 e. The predicted octanol–water partition coefficient (Wildman–Crippen LogP) is 6.55. The van der Waals surface area contributed by atoms with Crippen LogP contribution in [0.2, 0.25) is 0 Å². The normalized spacial score (nSPS) is 20.4. The van der Waals surface area contributed by atoms with Gasteiger partial charge in [-0.1, -0.05) is 36.4 Å². The van der Waals surface area contributed by atoms with Gasteiger partial charge in [0, 0.05) is 43.5 Å². The number of amides is 2. The first-order valence-corrected chi connectivity index (χ1v) is 13.4. The number of aryl methyl sites for hydroxylation is 1. The number of hydrogen-bond acceptors (Lipinski definition) is 3. The Morgan fingerprint density at radius 1 is 1.00 bits per heavy atom. The summed E-state index contributed by atoms with van der Waals surface area (Å²) >= 11 is 0. The molecule has 6 nitrogen and oxygen atoms in total. The Balaban J connectivity index is 1.26. The molecule has 0 unspecified atom stereocenters. The zero-order chi connectivity index (χ0) is 26.6. The van der Waals surface area contributed by atoms with Crippen molar-refractivity contribution in [1.82, 2.24) is 14.7 Å². The summed E-state index contributed by atoms with van der Waals surface area (Å²) in [6, 6.07) is 11.8. The molecular formula is C29H32F3N5O. The van der Waals surface area contributed by atoms with Crippen LogP contribution in [0.4, 0.5) is 29.5 Å². The Hall–Kier alpha value is -3.49. The Kier molecular flexibility index (Phi) is 6.32. The highest BCUT2D eigenvalue weighted by Gasteiger charge is 2.42. The van der Waals surface area contributed by atoms with Gasteiger partial charge < -0.3 is 9.80 Å². The first-order chi connectivity index (χ1) is 18.3. The summed E-state index contributed by atoms with van der Waals surface area (Å²) in [5.74, 6) is 0.617. The number of hydrogen-bond donors (Lipinski definition) is 0. The highest BCUT2D eigenvalue weighted by Crippen LogP contribution is 2.44. The monoisotopic (exact) mass is 523 g/mol. The van der Waals surface area contributed by atoms with Gasteiger partial charge in [-0.15, -0.1) is 0 Å². The number of anilines is 2. The number of aromatic nitrogens is 2. The van der Waals surface area contributed by atoms with Gasteiger partial charge >= 0.3 is 6.03 Å². The van der Waals surface area contributed by atoms with Crippen molar-refractivity contribution in [3.8, 4) is 0 Å². The topological polar surface area (TPSA) is 44.6 Å². The zero-order valence-corrected chi connectivity index (χ0v) is 21.7. The van der Waals surface area contributed by atoms with Gasteiger partial charge in [0.15, 0.2) is 5.82 Å². The number of nitrogens with zero attached hydrogens (tertiary/aromatic N) is 5. The summed E-state index contributed by atoms with van der Waals surface area (Å²) in [4.78, 5) is 19.5. The Morgan fingerprint density at radius 2 is 1.74 bits per heavy atom. The van der Waals surface area contributed by atoms with Crippen molar-refractivity contribution < 1.29 is 18.0 Å². The molecule has 1 saturated heterocycles. The van der Waals surface area contributed by atoms with E-state index in [2.05, 4.69) is 23.3 Å². The summed E-state index contributed by atoms with van der Waals surface area (Å²) in [7, 11) is 1.86. The summed E-state index contributed by atoms with van der Waals surface area (Å²) < 4.78 is 43.6. The van der Waals surface area contributed by atoms with Gasteiger partial charge in [-0.2, -0.15) is 5.10 Å². The van der Waals surface area contributed by atoms with Crippen LogP contribution >= 0.6 is 0 Å². The zero-order valence-electron chi connectivity index (χ0n) is 21.7. The summed E-state index contributed by atoms with van der Waals surface area (Å²) in [6.45, 7) is 3.26. The summed E-state index contributed by atoms with van der Waals surface area (Å²) in [6.07, 6.45) is 2.71. The van der Waals surface area contributed by atoms with Crippen LogP contribution in [0.5, 0.6) is 0 Å². The molecule has 9 heteroatoms. The minimum Gasteiger partial charge on any atom is -0.369 e. The van der Waals surface area contributed by atoms with Gasteiger partial charge in [0.1, 0.15) is 5.82 Å². The number of benzene rings is 2. The molecule has 1 aliphatic carbocycles. The van der Waals surface area contributed by atoms with Gasteiger partial charge in [-0.3, -0.25) is 9.58 Å². The Morgan fingerprint density at radius 3 is 2.45 bits per heavy atom. The molecule has 3 heterocycles. The molecule has 1 aromatic heterocycles. The lowest BCUT2D eigenvalue weighted by Gasteiger charge is -2.46. The Labute approximate surface area is 220 Å². The number of para-hydroxylation sites is 1. The minimum atomic E-state index is -2.75. The van der Waals surface area contributed by atoms with Gasteiger partial charge in [-0.25, -0.2) is 18.0 Å². The highest BCUT2D eigenvalue weighted by molar-refractivity contribution is 5.94. The molecule has 1 saturated carbocycles. The molecular weight excluding hydrogens is 491 g/mol. The number of rotatable bonds is 6. The highest BCUT2D eigenvalue weighted by atomic mass is 19.3. The molecule has 2 fully saturated rings. The van der Waals surface area contributed by atoms with Crippen LogP contribution in [-0.2, 0) is 13.6 Å². The second kappa shape index (κ2) is 9.67. The molecule has 3 aliphatic rings. The molecule has 2 aliphatic heterocycles. The lowest BCUT2D eigenvalue weighted by Crippen LogP contribution is -2.55. The number of alkyl halides is 2. The van der Waals surface area contributed by atoms with E-state index in [1.54, 1.807) is 14.5 Å². The molecule has 0 radical (unpaired) electrons. The van der Waals surface area contributed by atoms with Gasteiger partial charge in [0.2, 0.25) is 0 Å². The summed E-state index contributed by atoms with van der Waals surface area (Å²) in [5, 5.41) is 4.66. The first kappa shape index (κ1) is 24.8. The molecule has 200 valence electrons. The second-order valence-corrected chi connectivity index (χ2v) is 10.7. The average Bonchev–Trinajstić information content (AvgIpc) is 3.68. The van der Waals surface area contributed by atoms with Crippen molar-refractivity contribution in [3.63, 3.8) is 0 Å². The summed E-state index contributed by atoms with van der Waals surface area (Å²) in [5.41, 5.74) is 3.13. The molecule has 3 aromatic rings. The molecule has 2 aromatic carbocycles. The van der Waals surface area contributed by atoms with Gasteiger partial charge in [-0.05, 0) is 55.7 Å². The van der Waals surface area contributed by atoms with E-state index in [9.17, 15) is 18.0 Å². The predicted molar refractivity (Wildman–Crippen MR) is 140 cm³/mol. The lowest BCUT2D eigenvalue weighted by atomic mass is 9.96. The van der Waals surface area contributed by atoms with E-state index in [-0.39, 0.29) is 29.4 Å². The van der Waals surface area contributed by atoms with Crippen LogP contribution < -0.4 is 9.80 Å². The molecule has 0 N–H and O–H groups in total. The standard InChI is InChI=1S/C29H32F3N5O/c1-18-24-17-34(2)33-28(24)36(16-20-6-3-4-7-22(20)19-10-11-19)29(38)37(18)21-12-14-35(15-13-21)26-23(27(31)32)8-5-9-25(26)30/h3-9,17-19,21,27H,10-16H2,1-2H3/t18-/m1/s1. The molecule has 0 bridgehead atoms. The maximum absolute atomic E-state index is 14.6. The van der Waals surface area contributed by atoms with E-state index >= 15 is 0 Å². The second-order valence-electron chi connectivity index (χ2n) is 10.7. The van der Waals surface area contributed by atoms with Crippen molar-refractivity contribution in [2.24, 2.45) is 7.05 Å². The van der Waals surface area contributed by atoms with Crippen LogP contribution in [0.25, 0.3) is 0 Å². The third-order valence-electron chi connectivity index (χ3n) is 8.24. The molecule has 1 atom stereocenters. The minimum absolute atomic E-state index is 0.0215. The first-order valence-electron chi connectivity index (χ1n) is 13.4. The number of piperidine rings is 1. The van der Waals surface area contributed by atoms with Gasteiger partial charge in [0.25, 0.3) is 6.43 Å². The number of fused-ring (bicyclic) bond motifs is 1. The molecule has 6 rings (SSSR count). The maximum atomic E-state index is 14.6. The number of urea groups is 1. The number of halogens is 3. The Bertz CT molecular complexity index is 1350. The third kappa shape index (κ3) is 4.31.